The highest BCUT2D eigenvalue weighted by Crippen LogP contribution is 2.37. The van der Waals surface area contributed by atoms with Crippen LogP contribution in [0.3, 0.4) is 0 Å². The SMILES string of the molecule is COc1ccc(CCNC(=O)c2c(N)n(C3CCCCC3)c3nc4ccccc4nc23)cc1OC. The molecule has 182 valence electrons. The number of rotatable bonds is 7. The van der Waals surface area contributed by atoms with E-state index in [0.717, 1.165) is 42.3 Å². The van der Waals surface area contributed by atoms with E-state index < -0.39 is 0 Å². The normalized spacial score (nSPS) is 14.3. The molecule has 2 aromatic carbocycles. The molecule has 0 unspecified atom stereocenters. The van der Waals surface area contributed by atoms with Crippen LogP contribution in [0.1, 0.15) is 54.1 Å². The van der Waals surface area contributed by atoms with E-state index in [2.05, 4.69) is 9.88 Å². The largest absolute Gasteiger partial charge is 0.493 e. The van der Waals surface area contributed by atoms with E-state index in [-0.39, 0.29) is 11.9 Å². The van der Waals surface area contributed by atoms with Crippen LogP contribution in [0.15, 0.2) is 42.5 Å². The topological polar surface area (TPSA) is 104 Å². The number of carbonyl (C=O) groups excluding carboxylic acids is 1. The standard InChI is InChI=1S/C27H31N5O3/c1-34-21-13-12-17(16-22(21)35-2)14-15-29-27(33)23-24-26(31-20-11-7-6-10-19(20)30-24)32(25(23)28)18-8-4-3-5-9-18/h6-7,10-13,16,18H,3-5,8-9,14-15,28H2,1-2H3,(H,29,33). The molecule has 8 heteroatoms. The number of ether oxygens (including phenoxy) is 2. The van der Waals surface area contributed by atoms with Gasteiger partial charge in [-0.25, -0.2) is 9.97 Å². The van der Waals surface area contributed by atoms with Crippen molar-refractivity contribution in [3.63, 3.8) is 0 Å². The summed E-state index contributed by atoms with van der Waals surface area (Å²) in [5.41, 5.74) is 10.9. The van der Waals surface area contributed by atoms with Crippen LogP contribution in [0.4, 0.5) is 5.82 Å². The Morgan fingerprint density at radius 1 is 1.03 bits per heavy atom. The molecule has 0 atom stereocenters. The number of carbonyl (C=O) groups is 1. The van der Waals surface area contributed by atoms with E-state index in [9.17, 15) is 4.79 Å². The Balaban J connectivity index is 1.45. The van der Waals surface area contributed by atoms with Gasteiger partial charge in [-0.15, -0.1) is 0 Å². The minimum atomic E-state index is -0.230. The average molecular weight is 474 g/mol. The Morgan fingerprint density at radius 3 is 2.46 bits per heavy atom. The zero-order valence-electron chi connectivity index (χ0n) is 20.2. The molecule has 1 aliphatic rings. The molecule has 0 bridgehead atoms. The molecule has 0 aliphatic heterocycles. The maximum absolute atomic E-state index is 13.4. The molecule has 2 aromatic heterocycles. The fraction of sp³-hybridized carbons (Fsp3) is 0.370. The highest BCUT2D eigenvalue weighted by Gasteiger charge is 2.28. The van der Waals surface area contributed by atoms with Gasteiger partial charge in [0.2, 0.25) is 0 Å². The summed E-state index contributed by atoms with van der Waals surface area (Å²) in [6, 6.07) is 13.7. The Labute approximate surface area is 204 Å². The number of hydrogen-bond acceptors (Lipinski definition) is 6. The van der Waals surface area contributed by atoms with Crippen LogP contribution in [0.25, 0.3) is 22.2 Å². The molecule has 2 heterocycles. The maximum atomic E-state index is 13.4. The molecule has 35 heavy (non-hydrogen) atoms. The highest BCUT2D eigenvalue weighted by molar-refractivity contribution is 6.10. The number of nitrogens with one attached hydrogen (secondary N) is 1. The number of nitrogen functional groups attached to an aromatic ring is 1. The number of benzene rings is 2. The molecule has 1 saturated carbocycles. The van der Waals surface area contributed by atoms with Gasteiger partial charge in [0.05, 0.1) is 25.3 Å². The van der Waals surface area contributed by atoms with E-state index in [1.165, 1.54) is 6.42 Å². The molecule has 3 N–H and O–H groups in total. The third kappa shape index (κ3) is 4.36. The fourth-order valence-corrected chi connectivity index (χ4v) is 5.06. The van der Waals surface area contributed by atoms with E-state index in [0.29, 0.717) is 47.0 Å². The summed E-state index contributed by atoms with van der Waals surface area (Å²) in [5, 5.41) is 3.04. The fourth-order valence-electron chi connectivity index (χ4n) is 5.06. The van der Waals surface area contributed by atoms with E-state index in [4.69, 9.17) is 25.2 Å². The lowest BCUT2D eigenvalue weighted by molar-refractivity contribution is 0.0956. The smallest absolute Gasteiger partial charge is 0.257 e. The molecule has 0 saturated heterocycles. The van der Waals surface area contributed by atoms with Crippen molar-refractivity contribution in [2.24, 2.45) is 0 Å². The van der Waals surface area contributed by atoms with Crippen molar-refractivity contribution in [1.82, 2.24) is 19.9 Å². The van der Waals surface area contributed by atoms with Gasteiger partial charge in [-0.05, 0) is 49.1 Å². The molecule has 5 rings (SSSR count). The van der Waals surface area contributed by atoms with Crippen LogP contribution in [0.2, 0.25) is 0 Å². The Kier molecular flexibility index (Phi) is 6.44. The lowest BCUT2D eigenvalue weighted by Crippen LogP contribution is -2.27. The van der Waals surface area contributed by atoms with Gasteiger partial charge in [0.15, 0.2) is 17.1 Å². The second-order valence-corrected chi connectivity index (χ2v) is 9.00. The molecule has 0 radical (unpaired) electrons. The zero-order valence-corrected chi connectivity index (χ0v) is 20.2. The van der Waals surface area contributed by atoms with E-state index >= 15 is 0 Å². The number of nitrogens with two attached hydrogens (primary N) is 1. The Hall–Kier alpha value is -3.81. The van der Waals surface area contributed by atoms with Crippen LogP contribution >= 0.6 is 0 Å². The summed E-state index contributed by atoms with van der Waals surface area (Å²) in [6.07, 6.45) is 6.23. The second-order valence-electron chi connectivity index (χ2n) is 9.00. The summed E-state index contributed by atoms with van der Waals surface area (Å²) in [5.74, 6) is 1.56. The minimum Gasteiger partial charge on any atom is -0.493 e. The molecular formula is C27H31N5O3. The van der Waals surface area contributed by atoms with Gasteiger partial charge in [-0.3, -0.25) is 4.79 Å². The number of amides is 1. The third-order valence-corrected chi connectivity index (χ3v) is 6.85. The monoisotopic (exact) mass is 473 g/mol. The number of para-hydroxylation sites is 2. The van der Waals surface area contributed by atoms with Crippen molar-refractivity contribution in [3.8, 4) is 11.5 Å². The lowest BCUT2D eigenvalue weighted by Gasteiger charge is -2.25. The van der Waals surface area contributed by atoms with Gasteiger partial charge in [0.25, 0.3) is 5.91 Å². The number of anilines is 1. The number of hydrogen-bond donors (Lipinski definition) is 2. The summed E-state index contributed by atoms with van der Waals surface area (Å²) >= 11 is 0. The van der Waals surface area contributed by atoms with Gasteiger partial charge >= 0.3 is 0 Å². The molecule has 1 amide bonds. The third-order valence-electron chi connectivity index (χ3n) is 6.85. The van der Waals surface area contributed by atoms with Crippen molar-refractivity contribution in [3.05, 3.63) is 53.6 Å². The second kappa shape index (κ2) is 9.82. The lowest BCUT2D eigenvalue weighted by atomic mass is 9.95. The molecule has 1 fully saturated rings. The number of aromatic nitrogens is 3. The van der Waals surface area contributed by atoms with Crippen LogP contribution < -0.4 is 20.5 Å². The first-order chi connectivity index (χ1) is 17.1. The van der Waals surface area contributed by atoms with Gasteiger partial charge in [-0.1, -0.05) is 37.5 Å². The van der Waals surface area contributed by atoms with Crippen molar-refractivity contribution in [2.45, 2.75) is 44.6 Å². The maximum Gasteiger partial charge on any atom is 0.257 e. The molecule has 4 aromatic rings. The summed E-state index contributed by atoms with van der Waals surface area (Å²) in [4.78, 5) is 23.1. The first-order valence-electron chi connectivity index (χ1n) is 12.2. The van der Waals surface area contributed by atoms with Crippen LogP contribution in [-0.2, 0) is 6.42 Å². The van der Waals surface area contributed by atoms with Crippen molar-refractivity contribution >= 4 is 33.9 Å². The van der Waals surface area contributed by atoms with Crippen LogP contribution in [0.5, 0.6) is 11.5 Å². The predicted octanol–water partition coefficient (Wildman–Crippen LogP) is 4.66. The average Bonchev–Trinajstić information content (AvgIpc) is 3.18. The quantitative estimate of drug-likeness (QED) is 0.404. The summed E-state index contributed by atoms with van der Waals surface area (Å²) in [7, 11) is 3.22. The highest BCUT2D eigenvalue weighted by atomic mass is 16.5. The number of methoxy groups -OCH3 is 2. The molecule has 8 nitrogen and oxygen atoms in total. The molecule has 1 aliphatic carbocycles. The van der Waals surface area contributed by atoms with Gasteiger partial charge in [-0.2, -0.15) is 0 Å². The minimum absolute atomic E-state index is 0.230. The van der Waals surface area contributed by atoms with E-state index in [1.54, 1.807) is 14.2 Å². The summed E-state index contributed by atoms with van der Waals surface area (Å²) in [6.45, 7) is 0.449. The number of nitrogens with zero attached hydrogens (tertiary/aromatic N) is 3. The van der Waals surface area contributed by atoms with Crippen molar-refractivity contribution in [2.75, 3.05) is 26.5 Å². The van der Waals surface area contributed by atoms with Crippen LogP contribution in [0, 0.1) is 0 Å². The molecule has 0 spiro atoms. The first-order valence-corrected chi connectivity index (χ1v) is 12.2. The Bertz CT molecular complexity index is 1370. The van der Waals surface area contributed by atoms with Crippen LogP contribution in [-0.4, -0.2) is 41.2 Å². The van der Waals surface area contributed by atoms with Crippen molar-refractivity contribution in [1.29, 1.82) is 0 Å². The van der Waals surface area contributed by atoms with E-state index in [1.807, 2.05) is 42.5 Å². The Morgan fingerprint density at radius 2 is 1.74 bits per heavy atom. The molecular weight excluding hydrogens is 442 g/mol. The van der Waals surface area contributed by atoms with Gasteiger partial charge < -0.3 is 25.1 Å². The van der Waals surface area contributed by atoms with Crippen molar-refractivity contribution < 1.29 is 14.3 Å². The zero-order chi connectivity index (χ0) is 24.4. The summed E-state index contributed by atoms with van der Waals surface area (Å²) < 4.78 is 12.7. The van der Waals surface area contributed by atoms with Gasteiger partial charge in [0, 0.05) is 12.6 Å². The first kappa shape index (κ1) is 23.0. The predicted molar refractivity (Wildman–Crippen MR) is 137 cm³/mol. The van der Waals surface area contributed by atoms with Gasteiger partial charge in [0.1, 0.15) is 16.9 Å². The number of fused-ring (bicyclic) bond motifs is 2.